The molecule has 3 aliphatic heterocycles. The summed E-state index contributed by atoms with van der Waals surface area (Å²) >= 11 is 0. The molecule has 3 heterocycles. The molecule has 1 fully saturated rings. The molecule has 0 radical (unpaired) electrons. The van der Waals surface area contributed by atoms with Gasteiger partial charge in [0.15, 0.2) is 0 Å². The minimum absolute atomic E-state index is 0.246. The van der Waals surface area contributed by atoms with Crippen LogP contribution in [-0.4, -0.2) is 41.1 Å². The van der Waals surface area contributed by atoms with Gasteiger partial charge in [0, 0.05) is 31.3 Å². The fourth-order valence-corrected chi connectivity index (χ4v) is 4.54. The number of hydrogen-bond donors (Lipinski definition) is 2. The Hall–Kier alpha value is -2.86. The number of amides is 2. The van der Waals surface area contributed by atoms with Gasteiger partial charge in [0.25, 0.3) is 11.8 Å². The third kappa shape index (κ3) is 1.45. The highest BCUT2D eigenvalue weighted by molar-refractivity contribution is 6.15. The lowest BCUT2D eigenvalue weighted by atomic mass is 9.84. The first-order valence-corrected chi connectivity index (χ1v) is 8.30. The Morgan fingerprint density at radius 1 is 1.08 bits per heavy atom. The lowest BCUT2D eigenvalue weighted by Crippen LogP contribution is -2.67. The number of hydrogen-bond acceptors (Lipinski definition) is 4. The molecule has 0 aromatic heterocycles. The quantitative estimate of drug-likeness (QED) is 0.766. The summed E-state index contributed by atoms with van der Waals surface area (Å²) in [5, 5.41) is 14.8. The van der Waals surface area contributed by atoms with Crippen molar-refractivity contribution in [1.82, 2.24) is 4.90 Å². The van der Waals surface area contributed by atoms with E-state index in [2.05, 4.69) is 5.32 Å². The van der Waals surface area contributed by atoms with Crippen molar-refractivity contribution in [2.45, 2.75) is 17.7 Å². The number of anilines is 2. The molecule has 0 bridgehead atoms. The van der Waals surface area contributed by atoms with E-state index in [9.17, 15) is 14.7 Å². The van der Waals surface area contributed by atoms with E-state index in [-0.39, 0.29) is 11.8 Å². The lowest BCUT2D eigenvalue weighted by Gasteiger charge is -2.40. The van der Waals surface area contributed by atoms with Crippen molar-refractivity contribution in [2.24, 2.45) is 0 Å². The van der Waals surface area contributed by atoms with Crippen molar-refractivity contribution in [1.29, 1.82) is 0 Å². The van der Waals surface area contributed by atoms with Crippen molar-refractivity contribution < 1.29 is 14.7 Å². The molecule has 2 aromatic rings. The molecule has 0 unspecified atom stereocenters. The minimum Gasteiger partial charge on any atom is -0.380 e. The first kappa shape index (κ1) is 14.5. The third-order valence-electron chi connectivity index (χ3n) is 5.74. The Bertz CT molecular complexity index is 943. The maximum absolute atomic E-state index is 13.5. The second kappa shape index (κ2) is 4.40. The van der Waals surface area contributed by atoms with Crippen molar-refractivity contribution in [3.8, 4) is 0 Å². The number of carbonyl (C=O) groups excluding carboxylic acids is 2. The SMILES string of the molecule is CN1C(=O)[C@@]23Nc4ccccc4[C@]2(O)CCN3C(=O)c2ccccc21. The number of benzene rings is 2. The average Bonchev–Trinajstić information content (AvgIpc) is 3.05. The highest BCUT2D eigenvalue weighted by Gasteiger charge is 2.71. The van der Waals surface area contributed by atoms with E-state index < -0.39 is 11.3 Å². The highest BCUT2D eigenvalue weighted by Crippen LogP contribution is 2.55. The molecule has 3 aliphatic rings. The maximum atomic E-state index is 13.5. The summed E-state index contributed by atoms with van der Waals surface area (Å²) in [4.78, 5) is 29.7. The van der Waals surface area contributed by atoms with Crippen molar-refractivity contribution in [3.05, 3.63) is 59.7 Å². The molecular weight excluding hydrogens is 318 g/mol. The molecule has 1 saturated heterocycles. The molecule has 126 valence electrons. The number of likely N-dealkylation sites (N-methyl/N-ethyl adjacent to an activating group) is 1. The molecule has 2 aromatic carbocycles. The van der Waals surface area contributed by atoms with Gasteiger partial charge in [0.05, 0.1) is 11.3 Å². The molecule has 6 nitrogen and oxygen atoms in total. The predicted molar refractivity (Wildman–Crippen MR) is 92.2 cm³/mol. The molecule has 6 heteroatoms. The van der Waals surface area contributed by atoms with Crippen molar-refractivity contribution in [3.63, 3.8) is 0 Å². The zero-order valence-corrected chi connectivity index (χ0v) is 13.7. The fourth-order valence-electron chi connectivity index (χ4n) is 4.54. The number of nitrogens with one attached hydrogen (secondary N) is 1. The summed E-state index contributed by atoms with van der Waals surface area (Å²) in [7, 11) is 1.65. The van der Waals surface area contributed by atoms with Crippen LogP contribution in [0.2, 0.25) is 0 Å². The van der Waals surface area contributed by atoms with Crippen LogP contribution in [0.1, 0.15) is 22.3 Å². The normalized spacial score (nSPS) is 29.5. The average molecular weight is 335 g/mol. The van der Waals surface area contributed by atoms with Gasteiger partial charge in [-0.2, -0.15) is 0 Å². The largest absolute Gasteiger partial charge is 0.380 e. The Kier molecular flexibility index (Phi) is 2.55. The standard InChI is InChI=1S/C19H17N3O3/c1-21-15-9-5-2-6-12(15)16(23)22-11-10-18(25)13-7-3-4-8-14(13)20-19(18,22)17(21)24/h2-9,20,25H,10-11H2,1H3/t18-,19+/m1/s1. The van der Waals surface area contributed by atoms with Crippen LogP contribution in [0.25, 0.3) is 0 Å². The highest BCUT2D eigenvalue weighted by atomic mass is 16.3. The molecule has 2 atom stereocenters. The zero-order chi connectivity index (χ0) is 17.4. The van der Waals surface area contributed by atoms with E-state index in [1.165, 1.54) is 9.80 Å². The summed E-state index contributed by atoms with van der Waals surface area (Å²) in [5.74, 6) is -0.577. The molecular formula is C19H17N3O3. The van der Waals surface area contributed by atoms with Gasteiger partial charge in [-0.05, 0) is 18.2 Å². The summed E-state index contributed by atoms with van der Waals surface area (Å²) in [6, 6.07) is 14.4. The van der Waals surface area contributed by atoms with Crippen LogP contribution in [0.5, 0.6) is 0 Å². The Morgan fingerprint density at radius 2 is 1.80 bits per heavy atom. The van der Waals surface area contributed by atoms with Gasteiger partial charge >= 0.3 is 0 Å². The molecule has 2 amide bonds. The van der Waals surface area contributed by atoms with Crippen LogP contribution in [0.4, 0.5) is 11.4 Å². The zero-order valence-electron chi connectivity index (χ0n) is 13.7. The van der Waals surface area contributed by atoms with E-state index in [1.807, 2.05) is 24.3 Å². The number of nitrogens with zero attached hydrogens (tertiary/aromatic N) is 2. The first-order valence-electron chi connectivity index (χ1n) is 8.30. The summed E-state index contributed by atoms with van der Waals surface area (Å²) in [5.41, 5.74) is -0.583. The van der Waals surface area contributed by atoms with E-state index in [1.54, 1.807) is 31.3 Å². The number of rotatable bonds is 0. The molecule has 25 heavy (non-hydrogen) atoms. The monoisotopic (exact) mass is 335 g/mol. The maximum Gasteiger partial charge on any atom is 0.277 e. The van der Waals surface area contributed by atoms with Gasteiger partial charge in [0.1, 0.15) is 5.60 Å². The van der Waals surface area contributed by atoms with Gasteiger partial charge in [-0.3, -0.25) is 9.59 Å². The predicted octanol–water partition coefficient (Wildman–Crippen LogP) is 1.52. The van der Waals surface area contributed by atoms with Crippen LogP contribution >= 0.6 is 0 Å². The van der Waals surface area contributed by atoms with E-state index in [0.29, 0.717) is 35.5 Å². The van der Waals surface area contributed by atoms with Crippen LogP contribution in [0.3, 0.4) is 0 Å². The molecule has 5 rings (SSSR count). The summed E-state index contributed by atoms with van der Waals surface area (Å²) in [6.07, 6.45) is 0.310. The van der Waals surface area contributed by atoms with Gasteiger partial charge in [-0.1, -0.05) is 30.3 Å². The molecule has 1 spiro atoms. The smallest absolute Gasteiger partial charge is 0.277 e. The van der Waals surface area contributed by atoms with Gasteiger partial charge in [0.2, 0.25) is 5.66 Å². The van der Waals surface area contributed by atoms with Crippen molar-refractivity contribution >= 4 is 23.2 Å². The second-order valence-electron chi connectivity index (χ2n) is 6.83. The van der Waals surface area contributed by atoms with Gasteiger partial charge < -0.3 is 20.2 Å². The third-order valence-corrected chi connectivity index (χ3v) is 5.74. The van der Waals surface area contributed by atoms with Crippen LogP contribution < -0.4 is 10.2 Å². The van der Waals surface area contributed by atoms with E-state index in [0.717, 1.165) is 0 Å². The summed E-state index contributed by atoms with van der Waals surface area (Å²) < 4.78 is 0. The number of fused-ring (bicyclic) bond motifs is 3. The Balaban J connectivity index is 1.79. The van der Waals surface area contributed by atoms with Crippen LogP contribution in [0, 0.1) is 0 Å². The van der Waals surface area contributed by atoms with E-state index >= 15 is 0 Å². The second-order valence-corrected chi connectivity index (χ2v) is 6.83. The molecule has 0 saturated carbocycles. The van der Waals surface area contributed by atoms with Gasteiger partial charge in [-0.25, -0.2) is 0 Å². The summed E-state index contributed by atoms with van der Waals surface area (Å²) in [6.45, 7) is 0.310. The topological polar surface area (TPSA) is 72.9 Å². The lowest BCUT2D eigenvalue weighted by molar-refractivity contribution is -0.136. The molecule has 2 N–H and O–H groups in total. The minimum atomic E-state index is -1.51. The Morgan fingerprint density at radius 3 is 2.64 bits per heavy atom. The van der Waals surface area contributed by atoms with Gasteiger partial charge in [-0.15, -0.1) is 0 Å². The Labute approximate surface area is 144 Å². The van der Waals surface area contributed by atoms with Crippen LogP contribution in [0.15, 0.2) is 48.5 Å². The van der Waals surface area contributed by atoms with Crippen molar-refractivity contribution in [2.75, 3.05) is 23.8 Å². The number of carbonyl (C=O) groups is 2. The van der Waals surface area contributed by atoms with E-state index in [4.69, 9.17) is 0 Å². The van der Waals surface area contributed by atoms with Crippen LogP contribution in [-0.2, 0) is 10.4 Å². The first-order chi connectivity index (χ1) is 12.0. The molecule has 0 aliphatic carbocycles. The number of aliphatic hydroxyl groups is 1. The fraction of sp³-hybridized carbons (Fsp3) is 0.263. The number of para-hydroxylation sites is 2.